The van der Waals surface area contributed by atoms with Crippen LogP contribution in [0.25, 0.3) is 0 Å². The van der Waals surface area contributed by atoms with Gasteiger partial charge in [0.05, 0.1) is 27.9 Å². The van der Waals surface area contributed by atoms with Crippen molar-refractivity contribution < 1.29 is 43.0 Å². The number of nitrogens with two attached hydrogens (primary N) is 1. The van der Waals surface area contributed by atoms with Gasteiger partial charge in [-0.1, -0.05) is 35.3 Å². The average molecular weight is 467 g/mol. The number of carboxylic acids is 1. The van der Waals surface area contributed by atoms with Gasteiger partial charge in [-0.25, -0.2) is 0 Å². The number of rotatable bonds is 8. The van der Waals surface area contributed by atoms with E-state index < -0.39 is 11.9 Å². The number of benzene rings is 3. The van der Waals surface area contributed by atoms with Crippen molar-refractivity contribution in [1.29, 1.82) is 0 Å². The van der Waals surface area contributed by atoms with Crippen molar-refractivity contribution in [2.24, 2.45) is 0 Å². The number of amides is 1. The molecule has 0 atom stereocenters. The molecule has 0 unspecified atom stereocenters. The zero-order valence-corrected chi connectivity index (χ0v) is 18.6. The predicted molar refractivity (Wildman–Crippen MR) is 117 cm³/mol. The second-order valence-corrected chi connectivity index (χ2v) is 7.15. The fourth-order valence-corrected chi connectivity index (χ4v) is 3.17. The number of anilines is 2. The first-order valence-electron chi connectivity index (χ1n) is 9.07. The third kappa shape index (κ3) is 6.59. The molecule has 160 valence electrons. The molecule has 32 heavy (non-hydrogen) atoms. The summed E-state index contributed by atoms with van der Waals surface area (Å²) >= 11 is 11.9. The van der Waals surface area contributed by atoms with Crippen LogP contribution in [0, 0.1) is 0 Å². The van der Waals surface area contributed by atoms with Gasteiger partial charge < -0.3 is 30.4 Å². The van der Waals surface area contributed by atoms with E-state index in [0.29, 0.717) is 16.5 Å². The van der Waals surface area contributed by atoms with Crippen molar-refractivity contribution in [3.63, 3.8) is 0 Å². The Balaban J connectivity index is 0.00000363. The van der Waals surface area contributed by atoms with E-state index in [9.17, 15) is 14.7 Å². The van der Waals surface area contributed by atoms with E-state index >= 15 is 0 Å². The third-order valence-electron chi connectivity index (χ3n) is 4.16. The summed E-state index contributed by atoms with van der Waals surface area (Å²) in [6.07, 6.45) is 0. The number of ether oxygens (including phenoxy) is 2. The summed E-state index contributed by atoms with van der Waals surface area (Å²) in [5.74, 6) is -1.27. The first-order valence-corrected chi connectivity index (χ1v) is 9.82. The van der Waals surface area contributed by atoms with Gasteiger partial charge in [0.25, 0.3) is 5.91 Å². The summed E-state index contributed by atoms with van der Waals surface area (Å²) in [4.78, 5) is 24.0. The molecule has 3 aromatic rings. The van der Waals surface area contributed by atoms with Crippen LogP contribution in [0.5, 0.6) is 11.5 Å². The first-order chi connectivity index (χ1) is 14.8. The molecule has 0 saturated heterocycles. The van der Waals surface area contributed by atoms with Gasteiger partial charge in [-0.2, -0.15) is 0 Å². The van der Waals surface area contributed by atoms with Gasteiger partial charge in [0.1, 0.15) is 24.7 Å². The third-order valence-corrected chi connectivity index (χ3v) is 4.71. The van der Waals surface area contributed by atoms with Crippen LogP contribution in [-0.2, 0) is 0 Å². The Labute approximate surface area is 206 Å². The molecule has 0 saturated carbocycles. The van der Waals surface area contributed by atoms with E-state index in [4.69, 9.17) is 38.4 Å². The maximum atomic E-state index is 12.5. The van der Waals surface area contributed by atoms with E-state index in [1.54, 1.807) is 24.3 Å². The van der Waals surface area contributed by atoms with Crippen molar-refractivity contribution in [3.05, 3.63) is 81.8 Å². The zero-order chi connectivity index (χ0) is 22.4. The summed E-state index contributed by atoms with van der Waals surface area (Å²) in [5, 5.41) is 14.6. The molecule has 3 rings (SSSR count). The van der Waals surface area contributed by atoms with Crippen LogP contribution >= 0.6 is 23.2 Å². The minimum Gasteiger partial charge on any atom is -0.545 e. The first kappa shape index (κ1) is 25.4. The van der Waals surface area contributed by atoms with Gasteiger partial charge in [0, 0.05) is 10.6 Å². The van der Waals surface area contributed by atoms with Crippen LogP contribution in [0.2, 0.25) is 10.0 Å². The number of aromatic carboxylic acids is 1. The number of nitrogens with one attached hydrogen (secondary N) is 1. The molecular weight excluding hydrogens is 450 g/mol. The maximum Gasteiger partial charge on any atom is 1.00 e. The summed E-state index contributed by atoms with van der Waals surface area (Å²) < 4.78 is 11.1. The van der Waals surface area contributed by atoms with Crippen LogP contribution in [0.1, 0.15) is 20.7 Å². The molecule has 1 amide bonds. The summed E-state index contributed by atoms with van der Waals surface area (Å²) in [7, 11) is 0. The standard InChI is InChI=1S/C22H18Cl2N2O5.Li/c23-13-5-7-15(17(24)11-13)21(27)26-19-8-6-14(12-16(19)22(28)29)30-9-10-31-20-4-2-1-3-18(20)25;/h1-8,11-12H,9-10,25H2,(H,26,27)(H,28,29);/q;+1/p-1. The van der Waals surface area contributed by atoms with Gasteiger partial charge in [0.15, 0.2) is 0 Å². The second-order valence-electron chi connectivity index (χ2n) is 6.31. The van der Waals surface area contributed by atoms with Crippen molar-refractivity contribution in [1.82, 2.24) is 0 Å². The van der Waals surface area contributed by atoms with Gasteiger partial charge in [-0.15, -0.1) is 0 Å². The molecule has 7 nitrogen and oxygen atoms in total. The molecule has 0 heterocycles. The fourth-order valence-electron chi connectivity index (χ4n) is 2.68. The minimum absolute atomic E-state index is 0. The van der Waals surface area contributed by atoms with Crippen LogP contribution in [-0.4, -0.2) is 25.1 Å². The number of hydrogen-bond acceptors (Lipinski definition) is 6. The van der Waals surface area contributed by atoms with Gasteiger partial charge in [0.2, 0.25) is 0 Å². The normalized spacial score (nSPS) is 10.1. The molecule has 0 aromatic heterocycles. The number of para-hydroxylation sites is 2. The fraction of sp³-hybridized carbons (Fsp3) is 0.0909. The Morgan fingerprint density at radius 3 is 2.34 bits per heavy atom. The van der Waals surface area contributed by atoms with Crippen LogP contribution in [0.15, 0.2) is 60.7 Å². The monoisotopic (exact) mass is 466 g/mol. The Bertz CT molecular complexity index is 1130. The SMILES string of the molecule is Nc1ccccc1OCCOc1ccc(NC(=O)c2ccc(Cl)cc2Cl)c(C(=O)[O-])c1.[Li+]. The van der Waals surface area contributed by atoms with Gasteiger partial charge >= 0.3 is 18.9 Å². The quantitative estimate of drug-likeness (QED) is 0.286. The molecular formula is C22H17Cl2LiN2O5. The van der Waals surface area contributed by atoms with E-state index in [1.807, 2.05) is 0 Å². The number of nitrogen functional groups attached to an aromatic ring is 1. The molecule has 0 bridgehead atoms. The largest absolute Gasteiger partial charge is 1.00 e. The molecule has 10 heteroatoms. The van der Waals surface area contributed by atoms with Crippen LogP contribution < -0.4 is 44.5 Å². The van der Waals surface area contributed by atoms with Crippen molar-refractivity contribution in [3.8, 4) is 11.5 Å². The average Bonchev–Trinajstić information content (AvgIpc) is 2.73. The van der Waals surface area contributed by atoms with E-state index in [2.05, 4.69) is 5.32 Å². The van der Waals surface area contributed by atoms with E-state index in [0.717, 1.165) is 0 Å². The molecule has 0 radical (unpaired) electrons. The van der Waals surface area contributed by atoms with Crippen molar-refractivity contribution in [2.45, 2.75) is 0 Å². The molecule has 3 aromatic carbocycles. The minimum atomic E-state index is -1.48. The Kier molecular flexibility index (Phi) is 9.30. The summed E-state index contributed by atoms with van der Waals surface area (Å²) in [5.41, 5.74) is 6.24. The van der Waals surface area contributed by atoms with Gasteiger partial charge in [-0.3, -0.25) is 4.79 Å². The maximum absolute atomic E-state index is 12.5. The van der Waals surface area contributed by atoms with E-state index in [1.165, 1.54) is 36.4 Å². The molecule has 0 aliphatic rings. The molecule has 0 aliphatic heterocycles. The molecule has 0 fully saturated rings. The number of carbonyl (C=O) groups excluding carboxylic acids is 2. The molecule has 0 aliphatic carbocycles. The van der Waals surface area contributed by atoms with Crippen LogP contribution in [0.4, 0.5) is 11.4 Å². The Morgan fingerprint density at radius 2 is 1.66 bits per heavy atom. The second kappa shape index (κ2) is 11.7. The molecule has 0 spiro atoms. The number of carboxylic acid groups (broad SMARTS) is 1. The van der Waals surface area contributed by atoms with Gasteiger partial charge in [-0.05, 0) is 48.5 Å². The topological polar surface area (TPSA) is 114 Å². The zero-order valence-electron chi connectivity index (χ0n) is 17.1. The number of carbonyl (C=O) groups is 2. The smallest absolute Gasteiger partial charge is 0.545 e. The summed E-state index contributed by atoms with van der Waals surface area (Å²) in [6, 6.07) is 15.6. The van der Waals surface area contributed by atoms with Crippen molar-refractivity contribution >= 4 is 46.5 Å². The Morgan fingerprint density at radius 1 is 0.938 bits per heavy atom. The number of halogens is 2. The predicted octanol–water partition coefficient (Wildman–Crippen LogP) is 0.653. The Hall–Kier alpha value is -2.82. The number of hydrogen-bond donors (Lipinski definition) is 2. The van der Waals surface area contributed by atoms with Crippen LogP contribution in [0.3, 0.4) is 0 Å². The van der Waals surface area contributed by atoms with E-state index in [-0.39, 0.29) is 59.7 Å². The molecule has 3 N–H and O–H groups in total. The summed E-state index contributed by atoms with van der Waals surface area (Å²) in [6.45, 7) is 0.343. The van der Waals surface area contributed by atoms with Crippen molar-refractivity contribution in [2.75, 3.05) is 24.3 Å².